The van der Waals surface area contributed by atoms with Crippen molar-refractivity contribution >= 4 is 0 Å². The lowest BCUT2D eigenvalue weighted by Gasteiger charge is -2.42. The fraction of sp³-hybridized carbons (Fsp3) is 0.625. The number of hydrogen-bond donors (Lipinski definition) is 1. The average Bonchev–Trinajstić information content (AvgIpc) is 2.38. The van der Waals surface area contributed by atoms with Crippen LogP contribution in [-0.2, 0) is 4.74 Å². The Morgan fingerprint density at radius 2 is 2.16 bits per heavy atom. The first-order chi connectivity index (χ1) is 8.95. The number of phenolic OH excluding ortho intramolecular Hbond substituents is 1. The number of hydrogen-bond acceptors (Lipinski definition) is 3. The van der Waals surface area contributed by atoms with Gasteiger partial charge in [0.1, 0.15) is 5.75 Å². The van der Waals surface area contributed by atoms with E-state index in [4.69, 9.17) is 4.74 Å². The summed E-state index contributed by atoms with van der Waals surface area (Å²) >= 11 is 0. The molecule has 1 saturated heterocycles. The Morgan fingerprint density at radius 1 is 1.42 bits per heavy atom. The molecule has 0 spiro atoms. The summed E-state index contributed by atoms with van der Waals surface area (Å²) in [4.78, 5) is 2.40. The summed E-state index contributed by atoms with van der Waals surface area (Å²) in [6.07, 6.45) is 2.24. The van der Waals surface area contributed by atoms with Crippen molar-refractivity contribution in [1.82, 2.24) is 4.90 Å². The van der Waals surface area contributed by atoms with Crippen LogP contribution >= 0.6 is 0 Å². The van der Waals surface area contributed by atoms with Gasteiger partial charge in [0.15, 0.2) is 0 Å². The first-order valence-corrected chi connectivity index (χ1v) is 7.04. The molecular weight excluding hydrogens is 238 g/mol. The Balaban J connectivity index is 2.17. The van der Waals surface area contributed by atoms with Gasteiger partial charge in [-0.1, -0.05) is 12.1 Å². The summed E-state index contributed by atoms with van der Waals surface area (Å²) in [7, 11) is 1.79. The summed E-state index contributed by atoms with van der Waals surface area (Å²) < 4.78 is 5.64. The van der Waals surface area contributed by atoms with E-state index in [1.54, 1.807) is 7.11 Å². The molecule has 1 aliphatic heterocycles. The summed E-state index contributed by atoms with van der Waals surface area (Å²) in [5, 5.41) is 10.1. The topological polar surface area (TPSA) is 32.7 Å². The number of aromatic hydroxyl groups is 1. The van der Waals surface area contributed by atoms with Crippen molar-refractivity contribution in [2.75, 3.05) is 20.2 Å². The molecule has 2 atom stereocenters. The van der Waals surface area contributed by atoms with E-state index in [2.05, 4.69) is 24.8 Å². The fourth-order valence-corrected chi connectivity index (χ4v) is 2.94. The molecule has 19 heavy (non-hydrogen) atoms. The first-order valence-electron chi connectivity index (χ1n) is 7.04. The second-order valence-corrected chi connectivity index (χ2v) is 5.97. The van der Waals surface area contributed by atoms with Crippen LogP contribution in [0.4, 0.5) is 0 Å². The summed E-state index contributed by atoms with van der Waals surface area (Å²) in [5.74, 6) is 0.400. The average molecular weight is 263 g/mol. The molecule has 1 aromatic rings. The first kappa shape index (κ1) is 14.4. The molecule has 0 aromatic heterocycles. The van der Waals surface area contributed by atoms with Crippen molar-refractivity contribution < 1.29 is 9.84 Å². The highest BCUT2D eigenvalue weighted by Crippen LogP contribution is 2.34. The zero-order valence-electron chi connectivity index (χ0n) is 12.4. The van der Waals surface area contributed by atoms with Crippen molar-refractivity contribution in [1.29, 1.82) is 0 Å². The van der Waals surface area contributed by atoms with E-state index in [9.17, 15) is 5.11 Å². The van der Waals surface area contributed by atoms with Crippen molar-refractivity contribution in [2.45, 2.75) is 45.3 Å². The molecule has 1 aliphatic rings. The van der Waals surface area contributed by atoms with E-state index in [-0.39, 0.29) is 11.6 Å². The molecule has 3 nitrogen and oxygen atoms in total. The number of aryl methyl sites for hydroxylation is 1. The minimum atomic E-state index is -0.0627. The molecule has 1 fully saturated rings. The van der Waals surface area contributed by atoms with Crippen molar-refractivity contribution in [3.63, 3.8) is 0 Å². The van der Waals surface area contributed by atoms with Gasteiger partial charge in [-0.15, -0.1) is 0 Å². The highest BCUT2D eigenvalue weighted by atomic mass is 16.5. The van der Waals surface area contributed by atoms with Crippen LogP contribution < -0.4 is 0 Å². The number of phenols is 1. The number of nitrogens with zero attached hydrogens (tertiary/aromatic N) is 1. The van der Waals surface area contributed by atoms with Crippen LogP contribution in [0.1, 0.15) is 43.9 Å². The smallest absolute Gasteiger partial charge is 0.120 e. The number of rotatable bonds is 3. The zero-order valence-corrected chi connectivity index (χ0v) is 12.4. The summed E-state index contributed by atoms with van der Waals surface area (Å²) in [5.41, 5.74) is 2.03. The molecule has 0 bridgehead atoms. The van der Waals surface area contributed by atoms with Crippen molar-refractivity contribution in [2.24, 2.45) is 0 Å². The van der Waals surface area contributed by atoms with Crippen molar-refractivity contribution in [3.05, 3.63) is 29.3 Å². The monoisotopic (exact) mass is 263 g/mol. The van der Waals surface area contributed by atoms with E-state index in [1.807, 2.05) is 19.1 Å². The van der Waals surface area contributed by atoms with E-state index < -0.39 is 0 Å². The number of ether oxygens (including phenoxy) is 1. The van der Waals surface area contributed by atoms with Crippen molar-refractivity contribution in [3.8, 4) is 5.75 Å². The van der Waals surface area contributed by atoms with Gasteiger partial charge < -0.3 is 9.84 Å². The van der Waals surface area contributed by atoms with Gasteiger partial charge >= 0.3 is 0 Å². The predicted molar refractivity (Wildman–Crippen MR) is 77.5 cm³/mol. The molecule has 2 unspecified atom stereocenters. The van der Waals surface area contributed by atoms with Gasteiger partial charge in [0.2, 0.25) is 0 Å². The van der Waals surface area contributed by atoms with Gasteiger partial charge in [-0.3, -0.25) is 4.90 Å². The number of methoxy groups -OCH3 is 1. The molecule has 2 rings (SSSR count). The molecule has 0 radical (unpaired) electrons. The third-order valence-electron chi connectivity index (χ3n) is 4.37. The molecule has 1 aromatic carbocycles. The minimum Gasteiger partial charge on any atom is -0.508 e. The molecule has 0 saturated carbocycles. The van der Waals surface area contributed by atoms with E-state index >= 15 is 0 Å². The van der Waals surface area contributed by atoms with E-state index in [0.29, 0.717) is 5.75 Å². The maximum atomic E-state index is 10.1. The third kappa shape index (κ3) is 3.10. The van der Waals surface area contributed by atoms with Gasteiger partial charge in [0.05, 0.1) is 5.60 Å². The Bertz CT molecular complexity index is 446. The van der Waals surface area contributed by atoms with Crippen LogP contribution in [0.5, 0.6) is 5.75 Å². The van der Waals surface area contributed by atoms with Crippen LogP contribution in [0.25, 0.3) is 0 Å². The van der Waals surface area contributed by atoms with Crippen LogP contribution in [0.15, 0.2) is 18.2 Å². The highest BCUT2D eigenvalue weighted by Gasteiger charge is 2.33. The van der Waals surface area contributed by atoms with E-state index in [1.165, 1.54) is 0 Å². The third-order valence-corrected chi connectivity index (χ3v) is 4.37. The maximum absolute atomic E-state index is 10.1. The van der Waals surface area contributed by atoms with Crippen LogP contribution in [0, 0.1) is 6.92 Å². The molecule has 106 valence electrons. The second kappa shape index (κ2) is 5.51. The number of piperidine rings is 1. The quantitative estimate of drug-likeness (QED) is 0.908. The normalized spacial score (nSPS) is 26.3. The van der Waals surface area contributed by atoms with Crippen LogP contribution in [0.3, 0.4) is 0 Å². The minimum absolute atomic E-state index is 0.0627. The van der Waals surface area contributed by atoms with Gasteiger partial charge in [-0.25, -0.2) is 0 Å². The Labute approximate surface area is 116 Å². The molecule has 0 amide bonds. The highest BCUT2D eigenvalue weighted by molar-refractivity contribution is 5.37. The molecule has 1 heterocycles. The maximum Gasteiger partial charge on any atom is 0.120 e. The number of benzene rings is 1. The zero-order chi connectivity index (χ0) is 14.0. The lowest BCUT2D eigenvalue weighted by molar-refractivity contribution is -0.0601. The van der Waals surface area contributed by atoms with Crippen LogP contribution in [-0.4, -0.2) is 35.8 Å². The Hall–Kier alpha value is -1.06. The summed E-state index contributed by atoms with van der Waals surface area (Å²) in [6, 6.07) is 6.15. The second-order valence-electron chi connectivity index (χ2n) is 5.97. The van der Waals surface area contributed by atoms with Gasteiger partial charge in [-0.2, -0.15) is 0 Å². The van der Waals surface area contributed by atoms with Gasteiger partial charge in [-0.05, 0) is 51.8 Å². The Morgan fingerprint density at radius 3 is 2.79 bits per heavy atom. The molecular formula is C16H25NO2. The Kier molecular flexibility index (Phi) is 4.16. The van der Waals surface area contributed by atoms with Crippen LogP contribution in [0.2, 0.25) is 0 Å². The van der Waals surface area contributed by atoms with Gasteiger partial charge in [0.25, 0.3) is 0 Å². The fourth-order valence-electron chi connectivity index (χ4n) is 2.94. The lowest BCUT2D eigenvalue weighted by atomic mass is 9.92. The molecule has 0 aliphatic carbocycles. The standard InChI is InChI=1S/C16H25NO2/c1-12-6-7-14(15(18)10-12)13(2)17-9-5-8-16(3,11-17)19-4/h6-7,10,13,18H,5,8-9,11H2,1-4H3. The SMILES string of the molecule is COC1(C)CCCN(C(C)c2ccc(C)cc2O)C1. The van der Waals surface area contributed by atoms with Gasteiger partial charge in [0, 0.05) is 25.3 Å². The van der Waals surface area contributed by atoms with E-state index in [0.717, 1.165) is 37.1 Å². The predicted octanol–water partition coefficient (Wildman–Crippen LogP) is 3.26. The molecule has 1 N–H and O–H groups in total. The molecule has 3 heteroatoms. The summed E-state index contributed by atoms with van der Waals surface area (Å²) in [6.45, 7) is 8.30. The number of likely N-dealkylation sites (tertiary alicyclic amines) is 1. The largest absolute Gasteiger partial charge is 0.508 e. The lowest BCUT2D eigenvalue weighted by Crippen LogP contribution is -2.48.